The monoisotopic (exact) mass is 927 g/mol. The molecule has 5 fully saturated rings. The Balaban J connectivity index is 0.000000166. The fourth-order valence-corrected chi connectivity index (χ4v) is 12.3. The van der Waals surface area contributed by atoms with Crippen molar-refractivity contribution in [1.29, 1.82) is 0 Å². The Hall–Kier alpha value is -3.36. The average molecular weight is 927 g/mol. The fourth-order valence-electron chi connectivity index (χ4n) is 12.3. The first-order valence-corrected chi connectivity index (χ1v) is 26.1. The van der Waals surface area contributed by atoms with Gasteiger partial charge in [0.1, 0.15) is 0 Å². The molecule has 0 heterocycles. The summed E-state index contributed by atoms with van der Waals surface area (Å²) in [6.07, 6.45) is 23.6. The van der Waals surface area contributed by atoms with Crippen LogP contribution in [0.1, 0.15) is 204 Å². The molecule has 9 heteroatoms. The molecule has 0 bridgehead atoms. The van der Waals surface area contributed by atoms with Crippen molar-refractivity contribution in [3.8, 4) is 17.2 Å². The second-order valence-corrected chi connectivity index (χ2v) is 20.9. The predicted octanol–water partition coefficient (Wildman–Crippen LogP) is 17.6. The van der Waals surface area contributed by atoms with Crippen molar-refractivity contribution in [1.82, 2.24) is 0 Å². The van der Waals surface area contributed by atoms with Gasteiger partial charge in [-0.15, -0.1) is 0 Å². The van der Waals surface area contributed by atoms with E-state index in [4.69, 9.17) is 14.2 Å². The molecule has 0 saturated heterocycles. The van der Waals surface area contributed by atoms with Crippen molar-refractivity contribution in [3.05, 3.63) is 88.0 Å². The Kier molecular flexibility index (Phi) is 19.9. The Morgan fingerprint density at radius 1 is 0.318 bits per heavy atom. The van der Waals surface area contributed by atoms with Crippen LogP contribution in [0.3, 0.4) is 0 Å². The highest BCUT2D eigenvalue weighted by atomic mass is 19.2. The smallest absolute Gasteiger partial charge is 0.200 e. The molecule has 0 spiro atoms. The first-order chi connectivity index (χ1) is 31.8. The third kappa shape index (κ3) is 13.4. The topological polar surface area (TPSA) is 27.7 Å². The molecule has 66 heavy (non-hydrogen) atoms. The zero-order valence-corrected chi connectivity index (χ0v) is 41.0. The maximum Gasteiger partial charge on any atom is 0.200 e. The van der Waals surface area contributed by atoms with E-state index in [1.165, 1.54) is 51.4 Å². The lowest BCUT2D eigenvalue weighted by Crippen LogP contribution is -2.25. The van der Waals surface area contributed by atoms with Gasteiger partial charge in [-0.25, -0.2) is 13.2 Å². The molecule has 3 aromatic carbocycles. The highest BCUT2D eigenvalue weighted by Gasteiger charge is 2.34. The normalized spacial score (nSPS) is 29.1. The second kappa shape index (κ2) is 25.3. The molecule has 368 valence electrons. The van der Waals surface area contributed by atoms with Gasteiger partial charge in [-0.2, -0.15) is 13.2 Å². The van der Waals surface area contributed by atoms with Gasteiger partial charge in [0, 0.05) is 0 Å². The van der Waals surface area contributed by atoms with Gasteiger partial charge in [-0.3, -0.25) is 0 Å². The zero-order valence-electron chi connectivity index (χ0n) is 41.0. The van der Waals surface area contributed by atoms with Crippen molar-refractivity contribution < 1.29 is 40.6 Å². The second-order valence-electron chi connectivity index (χ2n) is 20.9. The van der Waals surface area contributed by atoms with E-state index >= 15 is 0 Å². The van der Waals surface area contributed by atoms with E-state index in [1.54, 1.807) is 57.2 Å². The predicted molar refractivity (Wildman–Crippen MR) is 255 cm³/mol. The summed E-state index contributed by atoms with van der Waals surface area (Å²) < 4.78 is 100. The number of ether oxygens (including phenoxy) is 3. The van der Waals surface area contributed by atoms with Crippen LogP contribution in [-0.2, 0) is 0 Å². The molecule has 3 aromatic rings. The van der Waals surface area contributed by atoms with Crippen LogP contribution < -0.4 is 14.2 Å². The number of benzene rings is 3. The molecule has 0 N–H and O–H groups in total. The first kappa shape index (κ1) is 52.0. The molecule has 5 aliphatic rings. The molecule has 0 radical (unpaired) electrons. The van der Waals surface area contributed by atoms with E-state index in [1.807, 2.05) is 0 Å². The summed E-state index contributed by atoms with van der Waals surface area (Å²) in [5, 5.41) is 0. The van der Waals surface area contributed by atoms with Crippen molar-refractivity contribution in [3.63, 3.8) is 0 Å². The summed E-state index contributed by atoms with van der Waals surface area (Å²) in [6, 6.07) is 9.88. The van der Waals surface area contributed by atoms with Crippen molar-refractivity contribution >= 4 is 0 Å². The van der Waals surface area contributed by atoms with Gasteiger partial charge in [0.25, 0.3) is 0 Å². The van der Waals surface area contributed by atoms with Crippen molar-refractivity contribution in [2.75, 3.05) is 19.8 Å². The van der Waals surface area contributed by atoms with Crippen LogP contribution in [-0.4, -0.2) is 19.8 Å². The number of halogens is 6. The Morgan fingerprint density at radius 3 is 0.773 bits per heavy atom. The van der Waals surface area contributed by atoms with Gasteiger partial charge in [0.15, 0.2) is 34.7 Å². The minimum Gasteiger partial charge on any atom is -0.491 e. The lowest BCUT2D eigenvalue weighted by Gasteiger charge is -2.37. The Bertz CT molecular complexity index is 1830. The van der Waals surface area contributed by atoms with Gasteiger partial charge in [0.05, 0.1) is 19.8 Å². The van der Waals surface area contributed by atoms with E-state index in [2.05, 4.69) is 20.8 Å². The fraction of sp³-hybridized carbons (Fsp3) is 0.684. The van der Waals surface area contributed by atoms with Gasteiger partial charge < -0.3 is 14.2 Å². The summed E-state index contributed by atoms with van der Waals surface area (Å²) in [6.45, 7) is 13.3. The molecule has 0 amide bonds. The minimum atomic E-state index is -0.840. The van der Waals surface area contributed by atoms with Crippen LogP contribution in [0.15, 0.2) is 36.4 Å². The highest BCUT2D eigenvalue weighted by molar-refractivity contribution is 5.35. The van der Waals surface area contributed by atoms with Gasteiger partial charge >= 0.3 is 0 Å². The maximum atomic E-state index is 14.4. The molecule has 0 unspecified atom stereocenters. The zero-order chi connectivity index (χ0) is 47.3. The summed E-state index contributed by atoms with van der Waals surface area (Å²) in [5.41, 5.74) is 1.61. The third-order valence-electron chi connectivity index (χ3n) is 16.5. The molecule has 5 saturated carbocycles. The van der Waals surface area contributed by atoms with E-state index in [9.17, 15) is 26.3 Å². The SMILES string of the molecule is CCOc1ccc(C2CCC(C)CC2)c(F)c1F.CCOc1ccc(C2CCC(C3CCC(C)CC3)CC2)c(F)c1F.CCOc1ccc(C2CCC(C3CCC(C)CC3)CC2)c(F)c1F. The summed E-state index contributed by atoms with van der Waals surface area (Å²) in [5.74, 6) is 1.76. The molecule has 0 atom stereocenters. The van der Waals surface area contributed by atoms with E-state index < -0.39 is 34.9 Å². The molecular weight excluding hydrogens is 847 g/mol. The van der Waals surface area contributed by atoms with Gasteiger partial charge in [0.2, 0.25) is 17.5 Å². The van der Waals surface area contributed by atoms with Crippen LogP contribution in [0, 0.1) is 76.3 Å². The van der Waals surface area contributed by atoms with Crippen LogP contribution in [0.2, 0.25) is 0 Å². The average Bonchev–Trinajstić information content (AvgIpc) is 3.33. The number of hydrogen-bond donors (Lipinski definition) is 0. The number of rotatable bonds is 11. The molecule has 3 nitrogen and oxygen atoms in total. The third-order valence-corrected chi connectivity index (χ3v) is 16.5. The minimum absolute atomic E-state index is 0.0166. The molecule has 5 aliphatic carbocycles. The summed E-state index contributed by atoms with van der Waals surface area (Å²) >= 11 is 0. The molecule has 0 aliphatic heterocycles. The largest absolute Gasteiger partial charge is 0.491 e. The van der Waals surface area contributed by atoms with Crippen LogP contribution in [0.5, 0.6) is 17.2 Å². The maximum absolute atomic E-state index is 14.4. The van der Waals surface area contributed by atoms with Crippen LogP contribution >= 0.6 is 0 Å². The standard InChI is InChI=1S/2C21H30F2O.C15H20F2O/c2*1-3-24-19-13-12-18(20(22)21(19)23)17-10-8-16(9-11-17)15-6-4-14(2)5-7-15;1-3-18-13-9-8-12(14(16)15(13)17)11-6-4-10(2)5-7-11/h2*12-17H,3-11H2,1-2H3;8-11H,3-7H2,1-2H3. The Labute approximate surface area is 393 Å². The molecular formula is C57H80F6O3. The first-order valence-electron chi connectivity index (χ1n) is 26.1. The molecule has 0 aromatic heterocycles. The van der Waals surface area contributed by atoms with Gasteiger partial charge in [-0.05, 0) is 205 Å². The van der Waals surface area contributed by atoms with E-state index in [0.717, 1.165) is 113 Å². The van der Waals surface area contributed by atoms with Crippen LogP contribution in [0.4, 0.5) is 26.3 Å². The lowest BCUT2D eigenvalue weighted by molar-refractivity contribution is 0.164. The summed E-state index contributed by atoms with van der Waals surface area (Å²) in [7, 11) is 0. The lowest BCUT2D eigenvalue weighted by atomic mass is 9.68. The highest BCUT2D eigenvalue weighted by Crippen LogP contribution is 2.47. The Morgan fingerprint density at radius 2 is 0.530 bits per heavy atom. The van der Waals surface area contributed by atoms with Crippen molar-refractivity contribution in [2.24, 2.45) is 41.4 Å². The van der Waals surface area contributed by atoms with Crippen molar-refractivity contribution in [2.45, 2.75) is 188 Å². The van der Waals surface area contributed by atoms with Crippen LogP contribution in [0.25, 0.3) is 0 Å². The van der Waals surface area contributed by atoms with Gasteiger partial charge in [-0.1, -0.05) is 77.5 Å². The molecule has 8 rings (SSSR count). The summed E-state index contributed by atoms with van der Waals surface area (Å²) in [4.78, 5) is 0. The van der Waals surface area contributed by atoms with E-state index in [0.29, 0.717) is 42.4 Å². The van der Waals surface area contributed by atoms with E-state index in [-0.39, 0.29) is 35.0 Å². The quantitative estimate of drug-likeness (QED) is 0.179. The number of hydrogen-bond acceptors (Lipinski definition) is 3.